The number of H-pyrrole nitrogens is 1. The van der Waals surface area contributed by atoms with E-state index in [2.05, 4.69) is 0 Å². The SMILES string of the molecule is COCCCn1c(O)c(C(=O)/C=C/c2ccc(O)c(OC)c2)c(=O)[nH]c1=O. The Hall–Kier alpha value is -3.33. The van der Waals surface area contributed by atoms with Gasteiger partial charge in [-0.2, -0.15) is 0 Å². The highest BCUT2D eigenvalue weighted by Gasteiger charge is 2.19. The van der Waals surface area contributed by atoms with Gasteiger partial charge in [-0.1, -0.05) is 12.1 Å². The van der Waals surface area contributed by atoms with Crippen LogP contribution in [0.4, 0.5) is 0 Å². The highest BCUT2D eigenvalue weighted by atomic mass is 16.5. The minimum Gasteiger partial charge on any atom is -0.504 e. The van der Waals surface area contributed by atoms with Gasteiger partial charge in [0.1, 0.15) is 5.56 Å². The number of ether oxygens (including phenoxy) is 2. The Balaban J connectivity index is 2.34. The number of aromatic hydroxyl groups is 2. The molecule has 0 saturated carbocycles. The number of aromatic nitrogens is 2. The van der Waals surface area contributed by atoms with Crippen LogP contribution in [0.3, 0.4) is 0 Å². The van der Waals surface area contributed by atoms with Gasteiger partial charge in [0, 0.05) is 20.3 Å². The summed E-state index contributed by atoms with van der Waals surface area (Å²) in [6, 6.07) is 4.43. The summed E-state index contributed by atoms with van der Waals surface area (Å²) in [4.78, 5) is 38.2. The highest BCUT2D eigenvalue weighted by molar-refractivity contribution is 6.08. The molecule has 0 bridgehead atoms. The van der Waals surface area contributed by atoms with E-state index in [9.17, 15) is 24.6 Å². The van der Waals surface area contributed by atoms with Crippen LogP contribution in [0.5, 0.6) is 17.4 Å². The molecule has 9 heteroatoms. The second-order valence-corrected chi connectivity index (χ2v) is 5.58. The molecular formula is C18H20N2O7. The highest BCUT2D eigenvalue weighted by Crippen LogP contribution is 2.26. The summed E-state index contributed by atoms with van der Waals surface area (Å²) in [5.41, 5.74) is -1.79. The van der Waals surface area contributed by atoms with Gasteiger partial charge < -0.3 is 19.7 Å². The van der Waals surface area contributed by atoms with Gasteiger partial charge in [-0.3, -0.25) is 19.1 Å². The van der Waals surface area contributed by atoms with Crippen LogP contribution in [0.25, 0.3) is 6.08 Å². The predicted molar refractivity (Wildman–Crippen MR) is 97.5 cm³/mol. The smallest absolute Gasteiger partial charge is 0.331 e. The number of hydrogen-bond acceptors (Lipinski definition) is 7. The quantitative estimate of drug-likeness (QED) is 0.354. The van der Waals surface area contributed by atoms with Crippen molar-refractivity contribution < 1.29 is 24.5 Å². The molecule has 1 aromatic heterocycles. The first kappa shape index (κ1) is 20.0. The number of allylic oxidation sites excluding steroid dienone is 1. The van der Waals surface area contributed by atoms with E-state index in [1.165, 1.54) is 38.5 Å². The van der Waals surface area contributed by atoms with Gasteiger partial charge in [0.05, 0.1) is 7.11 Å². The van der Waals surface area contributed by atoms with Crippen molar-refractivity contribution in [2.75, 3.05) is 20.8 Å². The molecule has 0 saturated heterocycles. The third-order valence-electron chi connectivity index (χ3n) is 3.78. The fraction of sp³-hybridized carbons (Fsp3) is 0.278. The normalized spacial score (nSPS) is 11.0. The van der Waals surface area contributed by atoms with E-state index < -0.39 is 28.5 Å². The van der Waals surface area contributed by atoms with E-state index in [0.717, 1.165) is 10.6 Å². The molecule has 2 rings (SSSR count). The zero-order valence-electron chi connectivity index (χ0n) is 14.9. The molecule has 1 heterocycles. The van der Waals surface area contributed by atoms with Gasteiger partial charge in [0.2, 0.25) is 5.88 Å². The van der Waals surface area contributed by atoms with Crippen LogP contribution in [-0.2, 0) is 11.3 Å². The number of nitrogens with zero attached hydrogens (tertiary/aromatic N) is 1. The molecule has 3 N–H and O–H groups in total. The van der Waals surface area contributed by atoms with Gasteiger partial charge in [-0.25, -0.2) is 4.79 Å². The molecule has 0 amide bonds. The van der Waals surface area contributed by atoms with Gasteiger partial charge in [0.25, 0.3) is 5.56 Å². The molecule has 0 aliphatic carbocycles. The first-order chi connectivity index (χ1) is 12.9. The Morgan fingerprint density at radius 1 is 1.26 bits per heavy atom. The minimum absolute atomic E-state index is 0.0572. The van der Waals surface area contributed by atoms with Crippen molar-refractivity contribution in [1.29, 1.82) is 0 Å². The number of ketones is 1. The van der Waals surface area contributed by atoms with Crippen molar-refractivity contribution in [2.45, 2.75) is 13.0 Å². The van der Waals surface area contributed by atoms with Crippen LogP contribution < -0.4 is 16.0 Å². The molecule has 0 atom stereocenters. The Labute approximate surface area is 154 Å². The number of nitrogens with one attached hydrogen (secondary N) is 1. The molecular weight excluding hydrogens is 356 g/mol. The Kier molecular flexibility index (Phi) is 6.56. The van der Waals surface area contributed by atoms with Gasteiger partial charge in [-0.15, -0.1) is 0 Å². The summed E-state index contributed by atoms with van der Waals surface area (Å²) in [5.74, 6) is -1.31. The number of carbonyl (C=O) groups excluding carboxylic acids is 1. The van der Waals surface area contributed by atoms with E-state index in [1.807, 2.05) is 4.98 Å². The fourth-order valence-electron chi connectivity index (χ4n) is 2.41. The Morgan fingerprint density at radius 3 is 2.67 bits per heavy atom. The Morgan fingerprint density at radius 2 is 2.00 bits per heavy atom. The van der Waals surface area contributed by atoms with Crippen LogP contribution in [-0.4, -0.2) is 46.4 Å². The molecule has 0 aliphatic rings. The van der Waals surface area contributed by atoms with Crippen molar-refractivity contribution in [3.63, 3.8) is 0 Å². The summed E-state index contributed by atoms with van der Waals surface area (Å²) in [5, 5.41) is 19.8. The third-order valence-corrected chi connectivity index (χ3v) is 3.78. The summed E-state index contributed by atoms with van der Waals surface area (Å²) in [7, 11) is 2.88. The zero-order chi connectivity index (χ0) is 20.0. The maximum atomic E-state index is 12.4. The van der Waals surface area contributed by atoms with Crippen molar-refractivity contribution in [1.82, 2.24) is 9.55 Å². The lowest BCUT2D eigenvalue weighted by molar-refractivity contribution is 0.104. The average Bonchev–Trinajstić information content (AvgIpc) is 2.63. The number of phenols is 1. The number of rotatable bonds is 8. The zero-order valence-corrected chi connectivity index (χ0v) is 14.9. The molecule has 9 nitrogen and oxygen atoms in total. The maximum absolute atomic E-state index is 12.4. The lowest BCUT2D eigenvalue weighted by Gasteiger charge is -2.09. The predicted octanol–water partition coefficient (Wildman–Crippen LogP) is 0.889. The first-order valence-corrected chi connectivity index (χ1v) is 8.03. The van der Waals surface area contributed by atoms with Crippen LogP contribution in [0, 0.1) is 0 Å². The molecule has 1 aromatic carbocycles. The average molecular weight is 376 g/mol. The van der Waals surface area contributed by atoms with Crippen molar-refractivity contribution in [2.24, 2.45) is 0 Å². The van der Waals surface area contributed by atoms with Crippen molar-refractivity contribution in [3.8, 4) is 17.4 Å². The molecule has 0 unspecified atom stereocenters. The molecule has 0 radical (unpaired) electrons. The van der Waals surface area contributed by atoms with E-state index in [1.54, 1.807) is 0 Å². The van der Waals surface area contributed by atoms with Crippen LogP contribution >= 0.6 is 0 Å². The number of carbonyl (C=O) groups is 1. The topological polar surface area (TPSA) is 131 Å². The lowest BCUT2D eigenvalue weighted by Crippen LogP contribution is -2.33. The summed E-state index contributed by atoms with van der Waals surface area (Å²) >= 11 is 0. The second kappa shape index (κ2) is 8.86. The minimum atomic E-state index is -0.974. The molecule has 2 aromatic rings. The van der Waals surface area contributed by atoms with Crippen LogP contribution in [0.15, 0.2) is 33.9 Å². The van der Waals surface area contributed by atoms with E-state index in [0.29, 0.717) is 18.6 Å². The number of aromatic amines is 1. The molecule has 27 heavy (non-hydrogen) atoms. The summed E-state index contributed by atoms with van der Waals surface area (Å²) in [6.45, 7) is 0.422. The number of methoxy groups -OCH3 is 2. The largest absolute Gasteiger partial charge is 0.504 e. The van der Waals surface area contributed by atoms with E-state index in [-0.39, 0.29) is 18.0 Å². The number of hydrogen-bond donors (Lipinski definition) is 3. The summed E-state index contributed by atoms with van der Waals surface area (Å²) in [6.07, 6.45) is 2.89. The first-order valence-electron chi connectivity index (χ1n) is 8.03. The second-order valence-electron chi connectivity index (χ2n) is 5.58. The molecule has 0 spiro atoms. The Bertz CT molecular complexity index is 973. The van der Waals surface area contributed by atoms with Gasteiger partial charge in [0.15, 0.2) is 17.3 Å². The van der Waals surface area contributed by atoms with Crippen molar-refractivity contribution >= 4 is 11.9 Å². The molecule has 144 valence electrons. The van der Waals surface area contributed by atoms with Crippen LogP contribution in [0.2, 0.25) is 0 Å². The van der Waals surface area contributed by atoms with E-state index >= 15 is 0 Å². The van der Waals surface area contributed by atoms with Gasteiger partial charge >= 0.3 is 5.69 Å². The number of phenolic OH excluding ortho intramolecular Hbond substituents is 1. The van der Waals surface area contributed by atoms with E-state index in [4.69, 9.17) is 9.47 Å². The third kappa shape index (κ3) is 4.64. The van der Waals surface area contributed by atoms with Crippen LogP contribution in [0.1, 0.15) is 22.3 Å². The number of benzene rings is 1. The van der Waals surface area contributed by atoms with Crippen molar-refractivity contribution in [3.05, 3.63) is 56.2 Å². The fourth-order valence-corrected chi connectivity index (χ4v) is 2.41. The molecule has 0 aliphatic heterocycles. The van der Waals surface area contributed by atoms with Gasteiger partial charge in [-0.05, 0) is 30.2 Å². The standard InChI is InChI=1S/C18H20N2O7/c1-26-9-3-8-20-17(24)15(16(23)19-18(20)25)13(22)7-5-11-4-6-12(21)14(10-11)27-2/h4-7,10,21,24H,3,8-9H2,1-2H3,(H,19,23,25)/b7-5+. The lowest BCUT2D eigenvalue weighted by atomic mass is 10.1. The maximum Gasteiger partial charge on any atom is 0.331 e. The summed E-state index contributed by atoms with van der Waals surface area (Å²) < 4.78 is 10.8. The monoisotopic (exact) mass is 376 g/mol. The molecule has 0 fully saturated rings.